The maximum atomic E-state index is 12.3. The minimum atomic E-state index is -3.51. The molecule has 0 saturated heterocycles. The van der Waals surface area contributed by atoms with Crippen LogP contribution in [-0.2, 0) is 16.6 Å². The Bertz CT molecular complexity index is 724. The molecule has 2 aromatic carbocycles. The molecule has 0 aliphatic carbocycles. The van der Waals surface area contributed by atoms with E-state index in [0.29, 0.717) is 10.6 Å². The molecule has 0 atom stereocenters. The summed E-state index contributed by atoms with van der Waals surface area (Å²) in [6, 6.07) is 12.4. The van der Waals surface area contributed by atoms with Crippen LogP contribution in [0.25, 0.3) is 0 Å². The molecule has 0 aliphatic rings. The number of anilines is 1. The first kappa shape index (κ1) is 14.6. The van der Waals surface area contributed by atoms with Crippen molar-refractivity contribution in [1.82, 2.24) is 4.72 Å². The Morgan fingerprint density at radius 1 is 1.05 bits per heavy atom. The quantitative estimate of drug-likeness (QED) is 0.849. The molecule has 0 aromatic heterocycles. The van der Waals surface area contributed by atoms with Gasteiger partial charge >= 0.3 is 0 Å². The van der Waals surface area contributed by atoms with Gasteiger partial charge in [-0.2, -0.15) is 0 Å². The van der Waals surface area contributed by atoms with Gasteiger partial charge in [0.2, 0.25) is 10.0 Å². The summed E-state index contributed by atoms with van der Waals surface area (Å²) < 4.78 is 27.2. The maximum Gasteiger partial charge on any atom is 0.241 e. The van der Waals surface area contributed by atoms with Crippen molar-refractivity contribution in [3.63, 3.8) is 0 Å². The largest absolute Gasteiger partial charge is 0.399 e. The minimum absolute atomic E-state index is 0.230. The molecule has 0 saturated carbocycles. The Balaban J connectivity index is 2.22. The average molecular weight is 290 g/mol. The molecule has 3 N–H and O–H groups in total. The lowest BCUT2D eigenvalue weighted by molar-refractivity contribution is 0.580. The summed E-state index contributed by atoms with van der Waals surface area (Å²) in [7, 11) is -3.51. The summed E-state index contributed by atoms with van der Waals surface area (Å²) in [5.74, 6) is 0. The SMILES string of the molecule is Cc1ccccc1S(=O)(=O)NCc1cccc(N)c1C. The molecule has 0 unspecified atom stereocenters. The zero-order valence-corrected chi connectivity index (χ0v) is 12.4. The normalized spacial score (nSPS) is 11.5. The van der Waals surface area contributed by atoms with Crippen molar-refractivity contribution in [2.24, 2.45) is 0 Å². The number of nitrogens with two attached hydrogens (primary N) is 1. The minimum Gasteiger partial charge on any atom is -0.399 e. The highest BCUT2D eigenvalue weighted by atomic mass is 32.2. The fourth-order valence-corrected chi connectivity index (χ4v) is 3.25. The van der Waals surface area contributed by atoms with Crippen LogP contribution in [0.2, 0.25) is 0 Å². The zero-order valence-electron chi connectivity index (χ0n) is 11.6. The molecule has 2 aromatic rings. The fraction of sp³-hybridized carbons (Fsp3) is 0.200. The number of rotatable bonds is 4. The van der Waals surface area contributed by atoms with Crippen LogP contribution in [0.15, 0.2) is 47.4 Å². The van der Waals surface area contributed by atoms with Gasteiger partial charge in [-0.05, 0) is 42.7 Å². The average Bonchev–Trinajstić information content (AvgIpc) is 2.41. The molecule has 5 heteroatoms. The van der Waals surface area contributed by atoms with E-state index < -0.39 is 10.0 Å². The smallest absolute Gasteiger partial charge is 0.241 e. The third kappa shape index (κ3) is 3.00. The van der Waals surface area contributed by atoms with Crippen LogP contribution in [0, 0.1) is 13.8 Å². The van der Waals surface area contributed by atoms with Crippen molar-refractivity contribution in [2.75, 3.05) is 5.73 Å². The molecule has 106 valence electrons. The van der Waals surface area contributed by atoms with Gasteiger partial charge in [-0.3, -0.25) is 0 Å². The first-order chi connectivity index (χ1) is 9.42. The van der Waals surface area contributed by atoms with Crippen LogP contribution < -0.4 is 10.5 Å². The number of benzene rings is 2. The molecule has 2 rings (SSSR count). The lowest BCUT2D eigenvalue weighted by Gasteiger charge is -2.11. The van der Waals surface area contributed by atoms with Gasteiger partial charge in [0.15, 0.2) is 0 Å². The Morgan fingerprint density at radius 3 is 2.45 bits per heavy atom. The van der Waals surface area contributed by atoms with Crippen molar-refractivity contribution in [1.29, 1.82) is 0 Å². The van der Waals surface area contributed by atoms with Crippen molar-refractivity contribution >= 4 is 15.7 Å². The first-order valence-corrected chi connectivity index (χ1v) is 7.79. The monoisotopic (exact) mass is 290 g/mol. The summed E-state index contributed by atoms with van der Waals surface area (Å²) in [4.78, 5) is 0.307. The summed E-state index contributed by atoms with van der Waals surface area (Å²) >= 11 is 0. The van der Waals surface area contributed by atoms with Gasteiger partial charge in [0.25, 0.3) is 0 Å². The second-order valence-corrected chi connectivity index (χ2v) is 6.46. The van der Waals surface area contributed by atoms with Crippen LogP contribution in [0.5, 0.6) is 0 Å². The number of aryl methyl sites for hydroxylation is 1. The molecule has 0 fully saturated rings. The highest BCUT2D eigenvalue weighted by molar-refractivity contribution is 7.89. The van der Waals surface area contributed by atoms with E-state index in [9.17, 15) is 8.42 Å². The van der Waals surface area contributed by atoms with Crippen LogP contribution in [0.4, 0.5) is 5.69 Å². The predicted octanol–water partition coefficient (Wildman–Crippen LogP) is 2.36. The maximum absolute atomic E-state index is 12.3. The molecule has 0 spiro atoms. The molecule has 20 heavy (non-hydrogen) atoms. The number of sulfonamides is 1. The number of hydrogen-bond donors (Lipinski definition) is 2. The van der Waals surface area contributed by atoms with E-state index in [2.05, 4.69) is 4.72 Å². The summed E-state index contributed by atoms with van der Waals surface area (Å²) in [6.45, 7) is 3.89. The molecule has 4 nitrogen and oxygen atoms in total. The predicted molar refractivity (Wildman–Crippen MR) is 80.8 cm³/mol. The number of nitrogen functional groups attached to an aromatic ring is 1. The van der Waals surface area contributed by atoms with Crippen molar-refractivity contribution in [3.05, 3.63) is 59.2 Å². The third-order valence-corrected chi connectivity index (χ3v) is 4.89. The first-order valence-electron chi connectivity index (χ1n) is 6.31. The summed E-state index contributed by atoms with van der Waals surface area (Å²) in [5, 5.41) is 0. The summed E-state index contributed by atoms with van der Waals surface area (Å²) in [5.41, 5.74) is 8.99. The highest BCUT2D eigenvalue weighted by Gasteiger charge is 2.16. The van der Waals surface area contributed by atoms with E-state index in [1.54, 1.807) is 31.2 Å². The Hall–Kier alpha value is -1.85. The van der Waals surface area contributed by atoms with Gasteiger partial charge in [0, 0.05) is 12.2 Å². The van der Waals surface area contributed by atoms with Gasteiger partial charge in [0.1, 0.15) is 0 Å². The topological polar surface area (TPSA) is 72.2 Å². The van der Waals surface area contributed by atoms with E-state index in [1.807, 2.05) is 25.1 Å². The van der Waals surface area contributed by atoms with E-state index >= 15 is 0 Å². The molecule has 0 amide bonds. The Morgan fingerprint density at radius 2 is 1.75 bits per heavy atom. The van der Waals surface area contributed by atoms with Crippen LogP contribution in [0.3, 0.4) is 0 Å². The number of hydrogen-bond acceptors (Lipinski definition) is 3. The van der Waals surface area contributed by atoms with Gasteiger partial charge < -0.3 is 5.73 Å². The molecule has 0 radical (unpaired) electrons. The van der Waals surface area contributed by atoms with Crippen LogP contribution in [0.1, 0.15) is 16.7 Å². The van der Waals surface area contributed by atoms with E-state index in [-0.39, 0.29) is 6.54 Å². The Kier molecular flexibility index (Phi) is 4.11. The fourth-order valence-electron chi connectivity index (χ4n) is 2.00. The molecular formula is C15H18N2O2S. The van der Waals surface area contributed by atoms with Gasteiger partial charge in [-0.15, -0.1) is 0 Å². The van der Waals surface area contributed by atoms with E-state index in [4.69, 9.17) is 5.73 Å². The van der Waals surface area contributed by atoms with Crippen molar-refractivity contribution in [3.8, 4) is 0 Å². The third-order valence-electron chi connectivity index (χ3n) is 3.32. The van der Waals surface area contributed by atoms with E-state index in [0.717, 1.165) is 16.7 Å². The Labute approximate surface area is 119 Å². The highest BCUT2D eigenvalue weighted by Crippen LogP contribution is 2.17. The zero-order chi connectivity index (χ0) is 14.8. The summed E-state index contributed by atoms with van der Waals surface area (Å²) in [6.07, 6.45) is 0. The van der Waals surface area contributed by atoms with Crippen LogP contribution in [-0.4, -0.2) is 8.42 Å². The van der Waals surface area contributed by atoms with Crippen molar-refractivity contribution < 1.29 is 8.42 Å². The van der Waals surface area contributed by atoms with Crippen LogP contribution >= 0.6 is 0 Å². The lowest BCUT2D eigenvalue weighted by atomic mass is 10.1. The lowest BCUT2D eigenvalue weighted by Crippen LogP contribution is -2.24. The molecule has 0 heterocycles. The second-order valence-electron chi connectivity index (χ2n) is 4.72. The molecular weight excluding hydrogens is 272 g/mol. The molecule has 0 aliphatic heterocycles. The van der Waals surface area contributed by atoms with Gasteiger partial charge in [-0.25, -0.2) is 13.1 Å². The van der Waals surface area contributed by atoms with E-state index in [1.165, 1.54) is 0 Å². The standard InChI is InChI=1S/C15H18N2O2S/c1-11-6-3-4-9-15(11)20(18,19)17-10-13-7-5-8-14(16)12(13)2/h3-9,17H,10,16H2,1-2H3. The molecule has 0 bridgehead atoms. The van der Waals surface area contributed by atoms with Gasteiger partial charge in [-0.1, -0.05) is 30.3 Å². The van der Waals surface area contributed by atoms with Gasteiger partial charge in [0.05, 0.1) is 4.90 Å². The number of nitrogens with one attached hydrogen (secondary N) is 1. The second kappa shape index (κ2) is 5.64. The van der Waals surface area contributed by atoms with Crippen molar-refractivity contribution in [2.45, 2.75) is 25.3 Å².